The fourth-order valence-electron chi connectivity index (χ4n) is 4.83. The van der Waals surface area contributed by atoms with E-state index in [1.807, 2.05) is 27.7 Å². The van der Waals surface area contributed by atoms with Crippen LogP contribution in [-0.4, -0.2) is 62.1 Å². The predicted molar refractivity (Wildman–Crippen MR) is 147 cm³/mol. The molecule has 1 aromatic heterocycles. The number of morpholine rings is 1. The van der Waals surface area contributed by atoms with E-state index in [2.05, 4.69) is 31.8 Å². The number of nitrogens with zero attached hydrogens (tertiary/aromatic N) is 2. The minimum absolute atomic E-state index is 0.122. The van der Waals surface area contributed by atoms with Gasteiger partial charge in [-0.15, -0.1) is 11.3 Å². The summed E-state index contributed by atoms with van der Waals surface area (Å²) in [6, 6.07) is 1.03. The lowest BCUT2D eigenvalue weighted by molar-refractivity contribution is -0.139. The maximum Gasteiger partial charge on any atom is 0.350 e. The first kappa shape index (κ1) is 28.9. The smallest absolute Gasteiger partial charge is 0.350 e. The molecule has 1 saturated heterocycles. The number of esters is 1. The molecule has 2 amide bonds. The summed E-state index contributed by atoms with van der Waals surface area (Å²) in [6.45, 7) is 14.0. The lowest BCUT2D eigenvalue weighted by Crippen LogP contribution is -2.55. The second kappa shape index (κ2) is 12.3. The van der Waals surface area contributed by atoms with E-state index >= 15 is 0 Å². The van der Waals surface area contributed by atoms with E-state index in [0.717, 1.165) is 6.42 Å². The normalized spacial score (nSPS) is 20.8. The Morgan fingerprint density at radius 2 is 1.95 bits per heavy atom. The summed E-state index contributed by atoms with van der Waals surface area (Å²) in [6.07, 6.45) is 3.96. The third-order valence-electron chi connectivity index (χ3n) is 6.82. The minimum Gasteiger partial charge on any atom is -0.465 e. The van der Waals surface area contributed by atoms with Crippen LogP contribution in [0.3, 0.4) is 0 Å². The molecule has 0 saturated carbocycles. The zero-order chi connectivity index (χ0) is 27.3. The number of carbonyl (C=O) groups is 3. The van der Waals surface area contributed by atoms with E-state index in [-0.39, 0.29) is 33.9 Å². The molecule has 202 valence electrons. The van der Waals surface area contributed by atoms with Crippen LogP contribution < -0.4 is 4.90 Å². The number of allylic oxidation sites excluding steroid dienone is 2. The Morgan fingerprint density at radius 1 is 1.27 bits per heavy atom. The molecular formula is C29H40N2O5S. The standard InChI is InChI=1S/C29H40N2O5S/c1-8-23(27(33)30-13-15-36-16-14-30)31(26(32)22-10-9-19(2)17-20(22)3)24-18-21(11-12-29(4,5)6)37-25(24)28(34)35-7/h9,18,20,22-23H,8,10,13-17H2,1-7H3/t20-,22-,23-/m0/s1. The van der Waals surface area contributed by atoms with Crippen molar-refractivity contribution in [3.8, 4) is 11.8 Å². The van der Waals surface area contributed by atoms with Gasteiger partial charge in [-0.25, -0.2) is 4.79 Å². The van der Waals surface area contributed by atoms with Gasteiger partial charge in [0.2, 0.25) is 11.8 Å². The molecule has 8 heteroatoms. The molecule has 2 aliphatic rings. The molecule has 1 aliphatic heterocycles. The van der Waals surface area contributed by atoms with Crippen LogP contribution in [0.5, 0.6) is 0 Å². The first-order valence-electron chi connectivity index (χ1n) is 13.1. The van der Waals surface area contributed by atoms with Crippen molar-refractivity contribution in [3.05, 3.63) is 27.5 Å². The molecule has 3 atom stereocenters. The summed E-state index contributed by atoms with van der Waals surface area (Å²) >= 11 is 1.20. The Hall–Kier alpha value is -2.63. The number of carbonyl (C=O) groups excluding carboxylic acids is 3. The number of thiophene rings is 1. The predicted octanol–water partition coefficient (Wildman–Crippen LogP) is 4.90. The second-order valence-electron chi connectivity index (χ2n) is 11.0. The van der Waals surface area contributed by atoms with Gasteiger partial charge in [-0.3, -0.25) is 14.5 Å². The van der Waals surface area contributed by atoms with Gasteiger partial charge in [0.1, 0.15) is 10.9 Å². The number of anilines is 1. The van der Waals surface area contributed by atoms with E-state index in [4.69, 9.17) is 9.47 Å². The molecular weight excluding hydrogens is 488 g/mol. The zero-order valence-corrected chi connectivity index (χ0v) is 24.0. The van der Waals surface area contributed by atoms with Gasteiger partial charge in [-0.05, 0) is 58.9 Å². The van der Waals surface area contributed by atoms with Gasteiger partial charge in [0, 0.05) is 24.4 Å². The average Bonchev–Trinajstić information content (AvgIpc) is 3.28. The lowest BCUT2D eigenvalue weighted by atomic mass is 9.80. The first-order chi connectivity index (χ1) is 17.5. The van der Waals surface area contributed by atoms with Crippen LogP contribution in [0.25, 0.3) is 0 Å². The van der Waals surface area contributed by atoms with Crippen molar-refractivity contribution < 1.29 is 23.9 Å². The summed E-state index contributed by atoms with van der Waals surface area (Å²) in [7, 11) is 1.32. The van der Waals surface area contributed by atoms with Crippen molar-refractivity contribution in [2.45, 2.75) is 66.8 Å². The average molecular weight is 529 g/mol. The van der Waals surface area contributed by atoms with E-state index in [1.54, 1.807) is 15.9 Å². The molecule has 1 aliphatic carbocycles. The van der Waals surface area contributed by atoms with Crippen molar-refractivity contribution in [1.82, 2.24) is 4.90 Å². The maximum absolute atomic E-state index is 14.3. The van der Waals surface area contributed by atoms with Crippen molar-refractivity contribution in [2.75, 3.05) is 38.3 Å². The van der Waals surface area contributed by atoms with E-state index in [9.17, 15) is 14.4 Å². The minimum atomic E-state index is -0.744. The Labute approximate surface area is 225 Å². The highest BCUT2D eigenvalue weighted by Crippen LogP contribution is 2.38. The molecule has 0 aromatic carbocycles. The highest BCUT2D eigenvalue weighted by Gasteiger charge is 2.40. The fourth-order valence-corrected chi connectivity index (χ4v) is 5.75. The summed E-state index contributed by atoms with van der Waals surface area (Å²) in [4.78, 5) is 45.3. The molecule has 0 unspecified atom stereocenters. The van der Waals surface area contributed by atoms with Crippen molar-refractivity contribution in [1.29, 1.82) is 0 Å². The van der Waals surface area contributed by atoms with E-state index in [0.29, 0.717) is 49.7 Å². The van der Waals surface area contributed by atoms with Crippen LogP contribution in [0, 0.1) is 29.1 Å². The van der Waals surface area contributed by atoms with Gasteiger partial charge in [0.15, 0.2) is 0 Å². The number of amides is 2. The van der Waals surface area contributed by atoms with Crippen LogP contribution in [0.2, 0.25) is 0 Å². The molecule has 0 bridgehead atoms. The van der Waals surface area contributed by atoms with E-state index in [1.165, 1.54) is 24.0 Å². The highest BCUT2D eigenvalue weighted by atomic mass is 32.1. The Balaban J connectivity index is 2.14. The van der Waals surface area contributed by atoms with Crippen LogP contribution >= 0.6 is 11.3 Å². The number of hydrogen-bond acceptors (Lipinski definition) is 6. The van der Waals surface area contributed by atoms with Gasteiger partial charge >= 0.3 is 5.97 Å². The molecule has 0 N–H and O–H groups in total. The summed E-state index contributed by atoms with van der Waals surface area (Å²) < 4.78 is 10.5. The largest absolute Gasteiger partial charge is 0.465 e. The molecule has 1 aromatic rings. The zero-order valence-electron chi connectivity index (χ0n) is 23.2. The molecule has 1 fully saturated rings. The summed E-state index contributed by atoms with van der Waals surface area (Å²) in [5, 5.41) is 0. The van der Waals surface area contributed by atoms with Crippen LogP contribution in [0.4, 0.5) is 5.69 Å². The Kier molecular flexibility index (Phi) is 9.60. The maximum atomic E-state index is 14.3. The summed E-state index contributed by atoms with van der Waals surface area (Å²) in [5.74, 6) is 5.40. The van der Waals surface area contributed by atoms with Gasteiger partial charge in [0.25, 0.3) is 0 Å². The van der Waals surface area contributed by atoms with Gasteiger partial charge < -0.3 is 14.4 Å². The molecule has 37 heavy (non-hydrogen) atoms. The quantitative estimate of drug-likeness (QED) is 0.298. The van der Waals surface area contributed by atoms with Crippen molar-refractivity contribution in [2.24, 2.45) is 17.3 Å². The number of methoxy groups -OCH3 is 1. The lowest BCUT2D eigenvalue weighted by Gasteiger charge is -2.38. The first-order valence-corrected chi connectivity index (χ1v) is 13.9. The number of hydrogen-bond donors (Lipinski definition) is 0. The van der Waals surface area contributed by atoms with Crippen LogP contribution in [0.1, 0.15) is 75.4 Å². The van der Waals surface area contributed by atoms with Crippen molar-refractivity contribution in [3.63, 3.8) is 0 Å². The molecule has 0 radical (unpaired) electrons. The summed E-state index contributed by atoms with van der Waals surface area (Å²) in [5.41, 5.74) is 1.45. The third kappa shape index (κ3) is 7.03. The monoisotopic (exact) mass is 528 g/mol. The third-order valence-corrected chi connectivity index (χ3v) is 7.84. The Bertz CT molecular complexity index is 1100. The molecule has 7 nitrogen and oxygen atoms in total. The second-order valence-corrected chi connectivity index (χ2v) is 12.0. The van der Waals surface area contributed by atoms with Crippen LogP contribution in [0.15, 0.2) is 17.7 Å². The van der Waals surface area contributed by atoms with Crippen LogP contribution in [-0.2, 0) is 19.1 Å². The fraction of sp³-hybridized carbons (Fsp3) is 0.621. The topological polar surface area (TPSA) is 76.2 Å². The van der Waals surface area contributed by atoms with Gasteiger partial charge in [-0.1, -0.05) is 37.3 Å². The highest BCUT2D eigenvalue weighted by molar-refractivity contribution is 7.15. The van der Waals surface area contributed by atoms with E-state index < -0.39 is 12.0 Å². The molecule has 0 spiro atoms. The van der Waals surface area contributed by atoms with Gasteiger partial charge in [0.05, 0.1) is 30.9 Å². The number of ether oxygens (including phenoxy) is 2. The Morgan fingerprint density at radius 3 is 2.51 bits per heavy atom. The van der Waals surface area contributed by atoms with Gasteiger partial charge in [-0.2, -0.15) is 0 Å². The number of rotatable bonds is 6. The SMILES string of the molecule is CC[C@@H](C(=O)N1CCOCC1)N(C(=O)[C@H]1CC=C(C)C[C@@H]1C)c1cc(C#CC(C)(C)C)sc1C(=O)OC. The van der Waals surface area contributed by atoms with Crippen molar-refractivity contribution >= 4 is 34.8 Å². The molecule has 3 rings (SSSR count). The molecule has 2 heterocycles.